The van der Waals surface area contributed by atoms with Gasteiger partial charge in [-0.2, -0.15) is 0 Å². The Balaban J connectivity index is 1.13. The zero-order chi connectivity index (χ0) is 35.3. The molecule has 5 nitrogen and oxygen atoms in total. The van der Waals surface area contributed by atoms with Crippen molar-refractivity contribution < 1.29 is 8.83 Å². The van der Waals surface area contributed by atoms with Crippen molar-refractivity contribution in [1.29, 1.82) is 0 Å². The van der Waals surface area contributed by atoms with Gasteiger partial charge in [0.25, 0.3) is 0 Å². The molecule has 0 unspecified atom stereocenters. The van der Waals surface area contributed by atoms with Crippen LogP contribution in [0.3, 0.4) is 0 Å². The van der Waals surface area contributed by atoms with E-state index in [-0.39, 0.29) is 0 Å². The third-order valence-corrected chi connectivity index (χ3v) is 10.1. The van der Waals surface area contributed by atoms with Crippen LogP contribution in [0.25, 0.3) is 76.5 Å². The summed E-state index contributed by atoms with van der Waals surface area (Å²) in [5.74, 6) is 1.05. The van der Waals surface area contributed by atoms with Crippen molar-refractivity contribution in [3.05, 3.63) is 180 Å². The van der Waals surface area contributed by atoms with E-state index in [2.05, 4.69) is 109 Å². The first-order valence-corrected chi connectivity index (χ1v) is 17.6. The molecule has 8 aromatic carbocycles. The van der Waals surface area contributed by atoms with Crippen LogP contribution in [0.1, 0.15) is 16.7 Å². The lowest BCUT2D eigenvalue weighted by Gasteiger charge is -2.10. The number of nitrogens with zero attached hydrogens (tertiary/aromatic N) is 3. The van der Waals surface area contributed by atoms with E-state index in [9.17, 15) is 0 Å². The van der Waals surface area contributed by atoms with Gasteiger partial charge in [0.2, 0.25) is 0 Å². The Morgan fingerprint density at radius 3 is 1.94 bits per heavy atom. The number of benzene rings is 8. The summed E-state index contributed by atoms with van der Waals surface area (Å²) in [5.41, 5.74) is 8.27. The Morgan fingerprint density at radius 1 is 0.472 bits per heavy atom. The average molecular weight is 682 g/mol. The van der Waals surface area contributed by atoms with Gasteiger partial charge in [0.1, 0.15) is 22.3 Å². The number of aliphatic imine (C=N–C) groups is 3. The molecule has 0 aliphatic heterocycles. The van der Waals surface area contributed by atoms with E-state index in [1.165, 1.54) is 10.8 Å². The minimum absolute atomic E-state index is 0.468. The third-order valence-electron chi connectivity index (χ3n) is 10.1. The monoisotopic (exact) mass is 681 g/mol. The van der Waals surface area contributed by atoms with Crippen LogP contribution in [0.15, 0.2) is 188 Å². The Bertz CT molecular complexity index is 3110. The van der Waals surface area contributed by atoms with Crippen molar-refractivity contribution >= 4 is 83.8 Å². The maximum Gasteiger partial charge on any atom is 0.161 e. The summed E-state index contributed by atoms with van der Waals surface area (Å²) in [6.45, 7) is 4.47. The first-order valence-electron chi connectivity index (χ1n) is 17.6. The molecule has 0 bridgehead atoms. The van der Waals surface area contributed by atoms with E-state index in [0.29, 0.717) is 18.2 Å². The minimum atomic E-state index is 0.468. The average Bonchev–Trinajstić information content (AvgIpc) is 3.79. The largest absolute Gasteiger partial charge is 0.456 e. The van der Waals surface area contributed by atoms with Crippen LogP contribution in [-0.4, -0.2) is 18.4 Å². The molecule has 0 saturated carbocycles. The highest BCUT2D eigenvalue weighted by Crippen LogP contribution is 2.37. The smallest absolute Gasteiger partial charge is 0.161 e. The molecule has 0 atom stereocenters. The van der Waals surface area contributed by atoms with Crippen molar-refractivity contribution in [3.63, 3.8) is 0 Å². The van der Waals surface area contributed by atoms with Crippen molar-refractivity contribution in [2.75, 3.05) is 0 Å². The van der Waals surface area contributed by atoms with Gasteiger partial charge in [-0.05, 0) is 87.4 Å². The lowest BCUT2D eigenvalue weighted by atomic mass is 9.99. The minimum Gasteiger partial charge on any atom is -0.456 e. The van der Waals surface area contributed by atoms with E-state index in [4.69, 9.17) is 18.8 Å². The topological polar surface area (TPSA) is 63.4 Å². The summed E-state index contributed by atoms with van der Waals surface area (Å²) in [6.07, 6.45) is 0. The van der Waals surface area contributed by atoms with Gasteiger partial charge in [0.15, 0.2) is 11.7 Å². The molecule has 0 saturated heterocycles. The Hall–Kier alpha value is -7.11. The summed E-state index contributed by atoms with van der Waals surface area (Å²) in [5, 5.41) is 8.77. The second-order valence-corrected chi connectivity index (χ2v) is 13.2. The van der Waals surface area contributed by atoms with Crippen LogP contribution in [0.2, 0.25) is 0 Å². The number of amidine groups is 2. The summed E-state index contributed by atoms with van der Waals surface area (Å²) < 4.78 is 12.5. The molecule has 0 spiro atoms. The van der Waals surface area contributed by atoms with Crippen LogP contribution in [0.5, 0.6) is 0 Å². The fraction of sp³-hybridized carbons (Fsp3) is 0.0208. The molecule has 0 aliphatic carbocycles. The first-order chi connectivity index (χ1) is 26.2. The van der Waals surface area contributed by atoms with Gasteiger partial charge in [-0.1, -0.05) is 121 Å². The highest BCUT2D eigenvalue weighted by molar-refractivity contribution is 6.23. The van der Waals surface area contributed by atoms with Gasteiger partial charge in [-0.3, -0.25) is 4.99 Å². The van der Waals surface area contributed by atoms with Gasteiger partial charge in [0, 0.05) is 32.7 Å². The summed E-state index contributed by atoms with van der Waals surface area (Å²) in [6, 6.07) is 56.3. The molecule has 0 fully saturated rings. The lowest BCUT2D eigenvalue weighted by molar-refractivity contribution is 0.668. The van der Waals surface area contributed by atoms with Crippen LogP contribution in [0, 0.1) is 0 Å². The maximum absolute atomic E-state index is 6.42. The fourth-order valence-corrected chi connectivity index (χ4v) is 7.46. The van der Waals surface area contributed by atoms with Gasteiger partial charge in [-0.25, -0.2) is 9.98 Å². The number of rotatable bonds is 5. The number of para-hydroxylation sites is 1. The van der Waals surface area contributed by atoms with E-state index < -0.39 is 0 Å². The number of hydrogen-bond acceptors (Lipinski definition) is 3. The highest BCUT2D eigenvalue weighted by Gasteiger charge is 2.18. The van der Waals surface area contributed by atoms with Crippen molar-refractivity contribution in [1.82, 2.24) is 0 Å². The zero-order valence-electron chi connectivity index (χ0n) is 28.7. The molecule has 2 heterocycles. The Morgan fingerprint density at radius 2 is 1.11 bits per heavy atom. The van der Waals surface area contributed by atoms with Crippen LogP contribution >= 0.6 is 0 Å². The molecule has 0 aliphatic rings. The molecular weight excluding hydrogens is 651 g/mol. The van der Waals surface area contributed by atoms with Crippen molar-refractivity contribution in [2.24, 2.45) is 15.0 Å². The third kappa shape index (κ3) is 5.38. The fourth-order valence-electron chi connectivity index (χ4n) is 7.46. The standard InChI is InChI=1S/C48H31N3O2/c1-49-48(51-47(50-29-30-10-3-2-4-11-30)35-21-20-32-19-18-31-12-5-6-13-36(31)39(32)28-35)38-15-9-17-45-46(38)41-27-34(23-25-44(41)53-45)33-22-24-43-40(26-33)37-14-7-8-16-42(37)52-43/h2-28H,1,29H2/b50-47-,51-48-. The van der Waals surface area contributed by atoms with Crippen LogP contribution < -0.4 is 0 Å². The predicted molar refractivity (Wildman–Crippen MR) is 221 cm³/mol. The van der Waals surface area contributed by atoms with Gasteiger partial charge in [-0.15, -0.1) is 0 Å². The quantitative estimate of drug-likeness (QED) is 0.103. The maximum atomic E-state index is 6.42. The number of hydrogen-bond donors (Lipinski definition) is 0. The molecule has 53 heavy (non-hydrogen) atoms. The number of fused-ring (bicyclic) bond motifs is 9. The van der Waals surface area contributed by atoms with Crippen molar-refractivity contribution in [3.8, 4) is 11.1 Å². The molecule has 0 N–H and O–H groups in total. The molecule has 2 aromatic heterocycles. The van der Waals surface area contributed by atoms with E-state index in [0.717, 1.165) is 82.5 Å². The first kappa shape index (κ1) is 30.7. The van der Waals surface area contributed by atoms with E-state index >= 15 is 0 Å². The molecule has 10 rings (SSSR count). The predicted octanol–water partition coefficient (Wildman–Crippen LogP) is 12.6. The van der Waals surface area contributed by atoms with E-state index in [1.54, 1.807) is 0 Å². The normalized spacial score (nSPS) is 12.5. The van der Waals surface area contributed by atoms with E-state index in [1.807, 2.05) is 66.7 Å². The van der Waals surface area contributed by atoms with Crippen molar-refractivity contribution in [2.45, 2.75) is 6.54 Å². The van der Waals surface area contributed by atoms with Crippen LogP contribution in [0.4, 0.5) is 0 Å². The zero-order valence-corrected chi connectivity index (χ0v) is 28.7. The Kier molecular flexibility index (Phi) is 7.29. The molecule has 250 valence electrons. The molecular formula is C48H31N3O2. The van der Waals surface area contributed by atoms with Crippen LogP contribution in [-0.2, 0) is 6.54 Å². The summed E-state index contributed by atoms with van der Waals surface area (Å²) in [4.78, 5) is 14.8. The van der Waals surface area contributed by atoms with Gasteiger partial charge >= 0.3 is 0 Å². The second kappa shape index (κ2) is 12.6. The Labute approximate surface area is 304 Å². The molecule has 0 amide bonds. The van der Waals surface area contributed by atoms with Gasteiger partial charge in [0.05, 0.1) is 6.54 Å². The highest BCUT2D eigenvalue weighted by atomic mass is 16.3. The summed E-state index contributed by atoms with van der Waals surface area (Å²) in [7, 11) is 0. The second-order valence-electron chi connectivity index (χ2n) is 13.2. The number of furan rings is 2. The molecule has 10 aromatic rings. The SMILES string of the molecule is C=N/C(=N\C(=N/Cc1ccccc1)c1ccc2ccc3ccccc3c2c1)c1cccc2oc3ccc(-c4ccc5oc6ccccc6c5c4)cc3c12. The molecule has 5 heteroatoms. The lowest BCUT2D eigenvalue weighted by Crippen LogP contribution is -2.06. The summed E-state index contributed by atoms with van der Waals surface area (Å²) >= 11 is 0. The van der Waals surface area contributed by atoms with Gasteiger partial charge < -0.3 is 8.83 Å². The molecule has 0 radical (unpaired) electrons.